The van der Waals surface area contributed by atoms with Gasteiger partial charge >= 0.3 is 0 Å². The van der Waals surface area contributed by atoms with Gasteiger partial charge < -0.3 is 5.32 Å². The van der Waals surface area contributed by atoms with E-state index in [2.05, 4.69) is 43.4 Å². The average Bonchev–Trinajstić information content (AvgIpc) is 3.18. The molecular formula is C18H14ClNOS2. The molecule has 0 radical (unpaired) electrons. The summed E-state index contributed by atoms with van der Waals surface area (Å²) in [6.45, 7) is 4.13. The Bertz CT molecular complexity index is 885. The number of hydrogen-bond acceptors (Lipinski definition) is 3. The summed E-state index contributed by atoms with van der Waals surface area (Å²) in [5.74, 6) is -0.00142. The van der Waals surface area contributed by atoms with Crippen molar-refractivity contribution in [3.63, 3.8) is 0 Å². The van der Waals surface area contributed by atoms with Crippen LogP contribution in [0, 0.1) is 13.8 Å². The van der Waals surface area contributed by atoms with Crippen molar-refractivity contribution in [1.82, 2.24) is 0 Å². The quantitative estimate of drug-likeness (QED) is 0.655. The number of amides is 1. The number of hydrogen-bond donors (Lipinski definition) is 1. The summed E-state index contributed by atoms with van der Waals surface area (Å²) in [4.78, 5) is 17.6. The van der Waals surface area contributed by atoms with Crippen LogP contribution < -0.4 is 5.32 Å². The van der Waals surface area contributed by atoms with Crippen LogP contribution in [0.15, 0.2) is 42.5 Å². The number of fused-ring (bicyclic) bond motifs is 1. The predicted octanol–water partition coefficient (Wildman–Crippen LogP) is 5.37. The molecule has 5 heteroatoms. The molecule has 0 spiro atoms. The molecule has 1 N–H and O–H groups in total. The lowest BCUT2D eigenvalue weighted by Gasteiger charge is -2.25. The second kappa shape index (κ2) is 5.20. The van der Waals surface area contributed by atoms with Crippen molar-refractivity contribution >= 4 is 45.9 Å². The molecule has 1 amide bonds. The van der Waals surface area contributed by atoms with E-state index < -0.39 is 5.41 Å². The van der Waals surface area contributed by atoms with Gasteiger partial charge in [-0.1, -0.05) is 11.6 Å². The highest BCUT2D eigenvalue weighted by Gasteiger charge is 2.51. The molecule has 0 bridgehead atoms. The van der Waals surface area contributed by atoms with Gasteiger partial charge in [0.05, 0.1) is 0 Å². The Morgan fingerprint density at radius 2 is 1.57 bits per heavy atom. The topological polar surface area (TPSA) is 29.1 Å². The first kappa shape index (κ1) is 14.9. The second-order valence-corrected chi connectivity index (χ2v) is 8.73. The van der Waals surface area contributed by atoms with Crippen molar-refractivity contribution in [2.45, 2.75) is 19.3 Å². The molecule has 1 aliphatic heterocycles. The first-order valence-electron chi connectivity index (χ1n) is 7.27. The molecule has 4 rings (SSSR count). The van der Waals surface area contributed by atoms with Crippen molar-refractivity contribution in [2.24, 2.45) is 0 Å². The van der Waals surface area contributed by atoms with Crippen LogP contribution in [0.5, 0.6) is 0 Å². The molecule has 0 saturated carbocycles. The molecule has 23 heavy (non-hydrogen) atoms. The van der Waals surface area contributed by atoms with E-state index in [0.29, 0.717) is 5.02 Å². The fraction of sp³-hybridized carbons (Fsp3) is 0.167. The largest absolute Gasteiger partial charge is 0.324 e. The molecule has 0 atom stereocenters. The molecule has 2 nitrogen and oxygen atoms in total. The zero-order valence-corrected chi connectivity index (χ0v) is 15.0. The number of aryl methyl sites for hydroxylation is 2. The molecule has 1 aliphatic rings. The van der Waals surface area contributed by atoms with Crippen molar-refractivity contribution in [1.29, 1.82) is 0 Å². The van der Waals surface area contributed by atoms with E-state index in [1.165, 1.54) is 9.75 Å². The molecule has 0 unspecified atom stereocenters. The monoisotopic (exact) mass is 359 g/mol. The lowest BCUT2D eigenvalue weighted by atomic mass is 9.78. The van der Waals surface area contributed by atoms with Crippen LogP contribution in [0.1, 0.15) is 25.1 Å². The summed E-state index contributed by atoms with van der Waals surface area (Å²) in [5, 5.41) is 3.69. The first-order chi connectivity index (χ1) is 11.0. The van der Waals surface area contributed by atoms with Gasteiger partial charge in [0.15, 0.2) is 0 Å². The van der Waals surface area contributed by atoms with Crippen molar-refractivity contribution in [3.8, 4) is 0 Å². The Morgan fingerprint density at radius 3 is 2.09 bits per heavy atom. The van der Waals surface area contributed by atoms with Crippen molar-refractivity contribution in [3.05, 3.63) is 72.6 Å². The summed E-state index contributed by atoms with van der Waals surface area (Å²) in [6, 6.07) is 13.9. The summed E-state index contributed by atoms with van der Waals surface area (Å²) in [5.41, 5.74) is 0.994. The van der Waals surface area contributed by atoms with Crippen LogP contribution in [0.3, 0.4) is 0 Å². The third-order valence-corrected chi connectivity index (χ3v) is 6.67. The van der Waals surface area contributed by atoms with Gasteiger partial charge in [0, 0.05) is 35.8 Å². The molecule has 116 valence electrons. The molecule has 0 fully saturated rings. The van der Waals surface area contributed by atoms with E-state index in [1.807, 2.05) is 18.2 Å². The number of benzene rings is 1. The zero-order chi connectivity index (χ0) is 16.2. The van der Waals surface area contributed by atoms with E-state index in [-0.39, 0.29) is 5.91 Å². The summed E-state index contributed by atoms with van der Waals surface area (Å²) >= 11 is 9.58. The Kier molecular flexibility index (Phi) is 3.38. The lowest BCUT2D eigenvalue weighted by molar-refractivity contribution is -0.118. The predicted molar refractivity (Wildman–Crippen MR) is 98.1 cm³/mol. The third kappa shape index (κ3) is 2.09. The molecule has 0 aliphatic carbocycles. The van der Waals surface area contributed by atoms with Crippen LogP contribution >= 0.6 is 34.3 Å². The summed E-state index contributed by atoms with van der Waals surface area (Å²) < 4.78 is 0. The summed E-state index contributed by atoms with van der Waals surface area (Å²) in [6.07, 6.45) is 0. The van der Waals surface area contributed by atoms with Gasteiger partial charge in [-0.3, -0.25) is 4.79 Å². The average molecular weight is 360 g/mol. The van der Waals surface area contributed by atoms with E-state index in [9.17, 15) is 4.79 Å². The Morgan fingerprint density at radius 1 is 0.957 bits per heavy atom. The number of thiophene rings is 2. The van der Waals surface area contributed by atoms with Gasteiger partial charge in [-0.15, -0.1) is 22.7 Å². The van der Waals surface area contributed by atoms with Gasteiger partial charge in [0.25, 0.3) is 0 Å². The maximum absolute atomic E-state index is 13.1. The second-order valence-electron chi connectivity index (χ2n) is 5.71. The number of nitrogens with one attached hydrogen (secondary N) is 1. The smallest absolute Gasteiger partial charge is 0.245 e. The molecule has 0 saturated heterocycles. The SMILES string of the molecule is Cc1ccc(C2(c3ccc(C)s3)C(=O)Nc3ccc(Cl)cc32)s1. The van der Waals surface area contributed by atoms with Gasteiger partial charge in [-0.2, -0.15) is 0 Å². The van der Waals surface area contributed by atoms with Gasteiger partial charge in [0.1, 0.15) is 5.41 Å². The Hall–Kier alpha value is -1.62. The standard InChI is InChI=1S/C18H14ClNOS2/c1-10-3-7-15(22-10)18(16-8-4-11(2)23-16)13-9-12(19)5-6-14(13)20-17(18)21/h3-9H,1-2H3,(H,20,21). The van der Waals surface area contributed by atoms with E-state index in [0.717, 1.165) is 21.0 Å². The fourth-order valence-corrected chi connectivity index (χ4v) is 5.56. The minimum atomic E-state index is -0.794. The van der Waals surface area contributed by atoms with E-state index in [4.69, 9.17) is 11.6 Å². The minimum Gasteiger partial charge on any atom is -0.324 e. The van der Waals surface area contributed by atoms with Crippen LogP contribution in [-0.4, -0.2) is 5.91 Å². The number of anilines is 1. The summed E-state index contributed by atoms with van der Waals surface area (Å²) in [7, 11) is 0. The van der Waals surface area contributed by atoms with Gasteiger partial charge in [-0.05, 0) is 56.3 Å². The molecule has 3 heterocycles. The number of rotatable bonds is 2. The number of carbonyl (C=O) groups excluding carboxylic acids is 1. The minimum absolute atomic E-state index is 0.00142. The highest BCUT2D eigenvalue weighted by molar-refractivity contribution is 7.14. The van der Waals surface area contributed by atoms with E-state index in [1.54, 1.807) is 22.7 Å². The highest BCUT2D eigenvalue weighted by atomic mass is 35.5. The highest BCUT2D eigenvalue weighted by Crippen LogP contribution is 2.51. The lowest BCUT2D eigenvalue weighted by Crippen LogP contribution is -2.35. The number of halogens is 1. The first-order valence-corrected chi connectivity index (χ1v) is 9.28. The molecule has 1 aromatic carbocycles. The van der Waals surface area contributed by atoms with Gasteiger partial charge in [0.2, 0.25) is 5.91 Å². The van der Waals surface area contributed by atoms with Crippen LogP contribution in [-0.2, 0) is 10.2 Å². The number of carbonyl (C=O) groups is 1. The van der Waals surface area contributed by atoms with Crippen LogP contribution in [0.2, 0.25) is 5.02 Å². The maximum atomic E-state index is 13.1. The molecule has 2 aromatic heterocycles. The fourth-order valence-electron chi connectivity index (χ4n) is 3.16. The van der Waals surface area contributed by atoms with Gasteiger partial charge in [-0.25, -0.2) is 0 Å². The Labute approximate surface area is 147 Å². The third-order valence-electron chi connectivity index (χ3n) is 4.19. The van der Waals surface area contributed by atoms with Crippen LogP contribution in [0.4, 0.5) is 5.69 Å². The molecule has 3 aromatic rings. The van der Waals surface area contributed by atoms with Crippen LogP contribution in [0.25, 0.3) is 0 Å². The van der Waals surface area contributed by atoms with Crippen molar-refractivity contribution < 1.29 is 4.79 Å². The van der Waals surface area contributed by atoms with Crippen molar-refractivity contribution in [2.75, 3.05) is 5.32 Å². The zero-order valence-electron chi connectivity index (χ0n) is 12.6. The Balaban J connectivity index is 2.09. The maximum Gasteiger partial charge on any atom is 0.245 e. The van der Waals surface area contributed by atoms with E-state index >= 15 is 0 Å². The molecular weight excluding hydrogens is 346 g/mol. The normalized spacial score (nSPS) is 15.5.